The molecule has 0 unspecified atom stereocenters. The third-order valence-corrected chi connectivity index (χ3v) is 6.82. The second kappa shape index (κ2) is 10.5. The first-order valence-electron chi connectivity index (χ1n) is 10.7. The van der Waals surface area contributed by atoms with Crippen LogP contribution in [0.4, 0.5) is 0 Å². The Hall–Kier alpha value is -3.39. The first-order valence-corrected chi connectivity index (χ1v) is 12.3. The number of pyridine rings is 1. The average molecular weight is 469 g/mol. The van der Waals surface area contributed by atoms with Crippen molar-refractivity contribution in [2.45, 2.75) is 37.8 Å². The van der Waals surface area contributed by atoms with E-state index in [4.69, 9.17) is 4.74 Å². The van der Waals surface area contributed by atoms with Crippen LogP contribution in [0.3, 0.4) is 0 Å². The molecule has 1 aromatic heterocycles. The van der Waals surface area contributed by atoms with Crippen LogP contribution in [0.5, 0.6) is 5.75 Å². The highest BCUT2D eigenvalue weighted by Crippen LogP contribution is 2.19. The zero-order chi connectivity index (χ0) is 24.0. The smallest absolute Gasteiger partial charge is 0.272 e. The van der Waals surface area contributed by atoms with E-state index >= 15 is 0 Å². The molecule has 8 heteroatoms. The highest BCUT2D eigenvalue weighted by atomic mass is 32.2. The van der Waals surface area contributed by atoms with Crippen LogP contribution in [0, 0.1) is 0 Å². The van der Waals surface area contributed by atoms with Crippen molar-refractivity contribution >= 4 is 15.7 Å². The van der Waals surface area contributed by atoms with Gasteiger partial charge in [-0.25, -0.2) is 8.42 Å². The average Bonchev–Trinajstić information content (AvgIpc) is 2.79. The van der Waals surface area contributed by atoms with Gasteiger partial charge in [-0.2, -0.15) is 0 Å². The molecule has 1 amide bonds. The maximum atomic E-state index is 13.0. The van der Waals surface area contributed by atoms with E-state index in [1.54, 1.807) is 29.8 Å². The van der Waals surface area contributed by atoms with Crippen molar-refractivity contribution in [3.05, 3.63) is 93.9 Å². The third-order valence-electron chi connectivity index (χ3n) is 5.09. The molecule has 0 aliphatic heterocycles. The zero-order valence-corrected chi connectivity index (χ0v) is 19.8. The van der Waals surface area contributed by atoms with Gasteiger partial charge in [0.15, 0.2) is 21.3 Å². The molecule has 1 N–H and O–H groups in total. The van der Waals surface area contributed by atoms with Gasteiger partial charge >= 0.3 is 0 Å². The fourth-order valence-electron chi connectivity index (χ4n) is 3.41. The Morgan fingerprint density at radius 1 is 1.03 bits per heavy atom. The molecule has 0 atom stereocenters. The molecule has 1 heterocycles. The van der Waals surface area contributed by atoms with Crippen molar-refractivity contribution in [2.75, 3.05) is 5.75 Å². The van der Waals surface area contributed by atoms with Gasteiger partial charge in [0, 0.05) is 31.3 Å². The zero-order valence-electron chi connectivity index (χ0n) is 18.9. The molecular weight excluding hydrogens is 440 g/mol. The van der Waals surface area contributed by atoms with E-state index in [0.29, 0.717) is 5.69 Å². The van der Waals surface area contributed by atoms with Crippen molar-refractivity contribution in [2.24, 2.45) is 7.05 Å². The van der Waals surface area contributed by atoms with Crippen LogP contribution in [0.15, 0.2) is 76.4 Å². The molecule has 0 fully saturated rings. The van der Waals surface area contributed by atoms with E-state index in [0.717, 1.165) is 5.56 Å². The highest BCUT2D eigenvalue weighted by molar-refractivity contribution is 7.91. The molecule has 2 aromatic carbocycles. The number of carbonyl (C=O) groups is 1. The van der Waals surface area contributed by atoms with Crippen LogP contribution >= 0.6 is 0 Å². The lowest BCUT2D eigenvalue weighted by atomic mass is 10.2. The van der Waals surface area contributed by atoms with E-state index in [2.05, 4.69) is 5.32 Å². The summed E-state index contributed by atoms with van der Waals surface area (Å²) in [5.74, 6) is -0.714. The van der Waals surface area contributed by atoms with Gasteiger partial charge in [0.2, 0.25) is 5.43 Å². The predicted molar refractivity (Wildman–Crippen MR) is 127 cm³/mol. The maximum absolute atomic E-state index is 13.0. The van der Waals surface area contributed by atoms with Gasteiger partial charge in [0.25, 0.3) is 5.91 Å². The molecule has 0 aliphatic carbocycles. The van der Waals surface area contributed by atoms with E-state index < -0.39 is 21.2 Å². The van der Waals surface area contributed by atoms with Gasteiger partial charge in [-0.05, 0) is 31.5 Å². The molecule has 33 heavy (non-hydrogen) atoms. The Morgan fingerprint density at radius 2 is 1.64 bits per heavy atom. The quantitative estimate of drug-likeness (QED) is 0.521. The summed E-state index contributed by atoms with van der Waals surface area (Å²) in [5.41, 5.74) is 0.887. The van der Waals surface area contributed by atoms with Crippen molar-refractivity contribution in [1.82, 2.24) is 9.88 Å². The Balaban J connectivity index is 1.94. The van der Waals surface area contributed by atoms with Crippen LogP contribution in [0.2, 0.25) is 0 Å². The largest absolute Gasteiger partial charge is 0.483 e. The number of aryl methyl sites for hydroxylation is 1. The van der Waals surface area contributed by atoms with Crippen LogP contribution in [0.25, 0.3) is 0 Å². The SMILES string of the molecule is CC(C)NC(=O)c1c(OCc2ccccc2)c(=O)cc(CCS(=O)(=O)c2ccccc2)n1C. The molecule has 3 aromatic rings. The summed E-state index contributed by atoms with van der Waals surface area (Å²) >= 11 is 0. The lowest BCUT2D eigenvalue weighted by Crippen LogP contribution is -2.34. The lowest BCUT2D eigenvalue weighted by Gasteiger charge is -2.19. The number of nitrogens with one attached hydrogen (secondary N) is 1. The van der Waals surface area contributed by atoms with Gasteiger partial charge < -0.3 is 14.6 Å². The van der Waals surface area contributed by atoms with E-state index in [-0.39, 0.29) is 41.2 Å². The van der Waals surface area contributed by atoms with E-state index in [1.807, 2.05) is 44.2 Å². The van der Waals surface area contributed by atoms with Gasteiger partial charge in [-0.3, -0.25) is 9.59 Å². The van der Waals surface area contributed by atoms with Crippen molar-refractivity contribution in [1.29, 1.82) is 0 Å². The molecule has 0 spiro atoms. The van der Waals surface area contributed by atoms with Crippen molar-refractivity contribution < 1.29 is 17.9 Å². The first-order chi connectivity index (χ1) is 15.7. The topological polar surface area (TPSA) is 94.5 Å². The molecule has 0 radical (unpaired) electrons. The fourth-order valence-corrected chi connectivity index (χ4v) is 4.69. The van der Waals surface area contributed by atoms with Crippen LogP contribution in [0.1, 0.15) is 35.6 Å². The maximum Gasteiger partial charge on any atom is 0.272 e. The number of hydrogen-bond acceptors (Lipinski definition) is 5. The van der Waals surface area contributed by atoms with E-state index in [9.17, 15) is 18.0 Å². The highest BCUT2D eigenvalue weighted by Gasteiger charge is 2.23. The Kier molecular flexibility index (Phi) is 7.71. The number of nitrogens with zero attached hydrogens (tertiary/aromatic N) is 1. The summed E-state index contributed by atoms with van der Waals surface area (Å²) in [6.45, 7) is 3.76. The van der Waals surface area contributed by atoms with Gasteiger partial charge in [0.1, 0.15) is 6.61 Å². The first kappa shape index (κ1) is 24.3. The Bertz CT molecular complexity index is 1270. The Morgan fingerprint density at radius 3 is 2.24 bits per heavy atom. The third kappa shape index (κ3) is 6.10. The molecule has 7 nitrogen and oxygen atoms in total. The standard InChI is InChI=1S/C25H28N2O5S/c1-18(2)26-25(29)23-24(32-17-19-10-6-4-7-11-19)22(28)16-20(27(23)3)14-15-33(30,31)21-12-8-5-9-13-21/h4-13,16,18H,14-15,17H2,1-3H3,(H,26,29). The summed E-state index contributed by atoms with van der Waals surface area (Å²) in [6, 6.07) is 18.7. The number of rotatable bonds is 9. The molecule has 174 valence electrons. The number of aromatic nitrogens is 1. The molecular formula is C25H28N2O5S. The van der Waals surface area contributed by atoms with Gasteiger partial charge in [0.05, 0.1) is 10.6 Å². The summed E-state index contributed by atoms with van der Waals surface area (Å²) < 4.78 is 32.7. The summed E-state index contributed by atoms with van der Waals surface area (Å²) in [4.78, 5) is 26.1. The number of amides is 1. The van der Waals surface area contributed by atoms with Crippen LogP contribution in [-0.2, 0) is 29.9 Å². The summed E-state index contributed by atoms with van der Waals surface area (Å²) in [7, 11) is -1.91. The van der Waals surface area contributed by atoms with Crippen molar-refractivity contribution in [3.63, 3.8) is 0 Å². The molecule has 3 rings (SSSR count). The van der Waals surface area contributed by atoms with E-state index in [1.165, 1.54) is 18.2 Å². The number of ether oxygens (including phenoxy) is 1. The Labute approximate surface area is 194 Å². The second-order valence-electron chi connectivity index (χ2n) is 8.02. The molecule has 0 saturated heterocycles. The number of sulfone groups is 1. The van der Waals surface area contributed by atoms with Gasteiger partial charge in [-0.1, -0.05) is 48.5 Å². The fraction of sp³-hybridized carbons (Fsp3) is 0.280. The predicted octanol–water partition coefficient (Wildman–Crippen LogP) is 3.12. The monoisotopic (exact) mass is 468 g/mol. The lowest BCUT2D eigenvalue weighted by molar-refractivity contribution is 0.0927. The summed E-state index contributed by atoms with van der Waals surface area (Å²) in [6.07, 6.45) is 0.0733. The minimum absolute atomic E-state index is 0.0610. The number of carbonyl (C=O) groups excluding carboxylic acids is 1. The minimum atomic E-state index is -3.54. The van der Waals surface area contributed by atoms with Gasteiger partial charge in [-0.15, -0.1) is 0 Å². The van der Waals surface area contributed by atoms with Crippen LogP contribution < -0.4 is 15.5 Å². The summed E-state index contributed by atoms with van der Waals surface area (Å²) in [5, 5.41) is 2.79. The van der Waals surface area contributed by atoms with Crippen LogP contribution in [-0.4, -0.2) is 30.7 Å². The number of benzene rings is 2. The molecule has 0 aliphatic rings. The second-order valence-corrected chi connectivity index (χ2v) is 10.1. The van der Waals surface area contributed by atoms with Crippen molar-refractivity contribution in [3.8, 4) is 5.75 Å². The molecule has 0 bridgehead atoms. The normalized spacial score (nSPS) is 11.4. The minimum Gasteiger partial charge on any atom is -0.483 e. The molecule has 0 saturated carbocycles. The number of hydrogen-bond donors (Lipinski definition) is 1.